The van der Waals surface area contributed by atoms with Gasteiger partial charge in [-0.3, -0.25) is 0 Å². The molecule has 0 saturated heterocycles. The molecule has 30 heavy (non-hydrogen) atoms. The first kappa shape index (κ1) is 18.9. The molecule has 2 heterocycles. The SMILES string of the molecule is CC(C)(C)c1ccc2[nH]c3c(-c4nc5ccccc5o4)cc(C(C)(C)C)cc3c2c1. The highest BCUT2D eigenvalue weighted by Gasteiger charge is 2.22. The van der Waals surface area contributed by atoms with Gasteiger partial charge in [0, 0.05) is 16.3 Å². The van der Waals surface area contributed by atoms with Crippen LogP contribution < -0.4 is 0 Å². The molecule has 0 spiro atoms. The Morgan fingerprint density at radius 1 is 0.767 bits per heavy atom. The van der Waals surface area contributed by atoms with Crippen LogP contribution in [-0.4, -0.2) is 9.97 Å². The summed E-state index contributed by atoms with van der Waals surface area (Å²) in [5.41, 5.74) is 7.65. The molecule has 1 N–H and O–H groups in total. The highest BCUT2D eigenvalue weighted by atomic mass is 16.3. The zero-order chi connectivity index (χ0) is 21.3. The maximum absolute atomic E-state index is 6.17. The van der Waals surface area contributed by atoms with Crippen molar-refractivity contribution in [1.82, 2.24) is 9.97 Å². The van der Waals surface area contributed by atoms with Gasteiger partial charge in [-0.15, -0.1) is 0 Å². The number of hydrogen-bond acceptors (Lipinski definition) is 2. The number of aromatic nitrogens is 2. The van der Waals surface area contributed by atoms with E-state index in [-0.39, 0.29) is 10.8 Å². The number of nitrogens with zero attached hydrogens (tertiary/aromatic N) is 1. The number of rotatable bonds is 1. The quantitative estimate of drug-likeness (QED) is 0.315. The molecule has 0 radical (unpaired) electrons. The number of aromatic amines is 1. The van der Waals surface area contributed by atoms with Crippen LogP contribution >= 0.6 is 0 Å². The number of H-pyrrole nitrogens is 1. The summed E-state index contributed by atoms with van der Waals surface area (Å²) < 4.78 is 6.17. The predicted octanol–water partition coefficient (Wildman–Crippen LogP) is 7.72. The van der Waals surface area contributed by atoms with Gasteiger partial charge in [0.2, 0.25) is 5.89 Å². The molecule has 0 amide bonds. The molecule has 0 fully saturated rings. The Morgan fingerprint density at radius 3 is 2.17 bits per heavy atom. The van der Waals surface area contributed by atoms with Gasteiger partial charge in [0.1, 0.15) is 5.52 Å². The van der Waals surface area contributed by atoms with Crippen LogP contribution in [0.5, 0.6) is 0 Å². The van der Waals surface area contributed by atoms with Crippen LogP contribution in [0.15, 0.2) is 59.0 Å². The van der Waals surface area contributed by atoms with Crippen molar-refractivity contribution < 1.29 is 4.42 Å². The Balaban J connectivity index is 1.87. The molecular weight excluding hydrogens is 368 g/mol. The van der Waals surface area contributed by atoms with Gasteiger partial charge in [-0.1, -0.05) is 59.7 Å². The molecular formula is C27H28N2O. The number of benzene rings is 3. The summed E-state index contributed by atoms with van der Waals surface area (Å²) in [5.74, 6) is 0.662. The smallest absolute Gasteiger partial charge is 0.229 e. The van der Waals surface area contributed by atoms with Crippen LogP contribution in [0, 0.1) is 0 Å². The Bertz CT molecular complexity index is 1370. The summed E-state index contributed by atoms with van der Waals surface area (Å²) in [6.07, 6.45) is 0. The third-order valence-corrected chi connectivity index (χ3v) is 5.96. The molecule has 2 aromatic heterocycles. The minimum atomic E-state index is 0.0141. The van der Waals surface area contributed by atoms with Crippen molar-refractivity contribution in [2.75, 3.05) is 0 Å². The molecule has 0 aliphatic rings. The third-order valence-electron chi connectivity index (χ3n) is 5.96. The van der Waals surface area contributed by atoms with Crippen LogP contribution in [-0.2, 0) is 10.8 Å². The second kappa shape index (κ2) is 6.21. The van der Waals surface area contributed by atoms with Gasteiger partial charge in [0.05, 0.1) is 11.1 Å². The van der Waals surface area contributed by atoms with E-state index < -0.39 is 0 Å². The lowest BCUT2D eigenvalue weighted by Crippen LogP contribution is -2.11. The average molecular weight is 397 g/mol. The van der Waals surface area contributed by atoms with Crippen molar-refractivity contribution in [3.63, 3.8) is 0 Å². The van der Waals surface area contributed by atoms with Gasteiger partial charge in [0.25, 0.3) is 0 Å². The minimum absolute atomic E-state index is 0.0141. The molecule has 3 heteroatoms. The first-order valence-electron chi connectivity index (χ1n) is 10.6. The number of fused-ring (bicyclic) bond motifs is 4. The second-order valence-corrected chi connectivity index (χ2v) is 10.3. The fourth-order valence-corrected chi connectivity index (χ4v) is 4.06. The van der Waals surface area contributed by atoms with E-state index in [2.05, 4.69) is 76.9 Å². The molecule has 0 saturated carbocycles. The Morgan fingerprint density at radius 2 is 1.47 bits per heavy atom. The molecule has 0 bridgehead atoms. The molecule has 5 aromatic rings. The zero-order valence-electron chi connectivity index (χ0n) is 18.6. The summed E-state index contributed by atoms with van der Waals surface area (Å²) in [5, 5.41) is 2.47. The van der Waals surface area contributed by atoms with Gasteiger partial charge >= 0.3 is 0 Å². The van der Waals surface area contributed by atoms with Gasteiger partial charge in [0.15, 0.2) is 5.58 Å². The Labute approximate surface area is 177 Å². The minimum Gasteiger partial charge on any atom is -0.436 e. The third kappa shape index (κ3) is 3.00. The Hall–Kier alpha value is -3.07. The maximum Gasteiger partial charge on any atom is 0.229 e. The maximum atomic E-state index is 6.17. The highest BCUT2D eigenvalue weighted by Crippen LogP contribution is 2.39. The van der Waals surface area contributed by atoms with Crippen LogP contribution in [0.4, 0.5) is 0 Å². The molecule has 0 atom stereocenters. The topological polar surface area (TPSA) is 41.8 Å². The average Bonchev–Trinajstić information content (AvgIpc) is 3.26. The predicted molar refractivity (Wildman–Crippen MR) is 126 cm³/mol. The van der Waals surface area contributed by atoms with Gasteiger partial charge in [-0.25, -0.2) is 4.98 Å². The van der Waals surface area contributed by atoms with E-state index in [4.69, 9.17) is 9.40 Å². The van der Waals surface area contributed by atoms with E-state index in [0.29, 0.717) is 5.89 Å². The molecule has 152 valence electrons. The molecule has 3 aromatic carbocycles. The molecule has 3 nitrogen and oxygen atoms in total. The molecule has 0 aliphatic carbocycles. The largest absolute Gasteiger partial charge is 0.436 e. The second-order valence-electron chi connectivity index (χ2n) is 10.3. The normalized spacial score (nSPS) is 13.0. The van der Waals surface area contributed by atoms with Crippen molar-refractivity contribution in [3.8, 4) is 11.5 Å². The van der Waals surface area contributed by atoms with Crippen molar-refractivity contribution in [2.45, 2.75) is 52.4 Å². The van der Waals surface area contributed by atoms with Gasteiger partial charge < -0.3 is 9.40 Å². The van der Waals surface area contributed by atoms with Crippen molar-refractivity contribution in [1.29, 1.82) is 0 Å². The van der Waals surface area contributed by atoms with Crippen molar-refractivity contribution >= 4 is 32.9 Å². The van der Waals surface area contributed by atoms with E-state index in [1.807, 2.05) is 24.3 Å². The number of nitrogens with one attached hydrogen (secondary N) is 1. The Kier molecular flexibility index (Phi) is 3.92. The first-order valence-corrected chi connectivity index (χ1v) is 10.6. The summed E-state index contributed by atoms with van der Waals surface area (Å²) in [4.78, 5) is 8.44. The van der Waals surface area contributed by atoms with E-state index in [1.165, 1.54) is 21.9 Å². The van der Waals surface area contributed by atoms with Crippen LogP contribution in [0.1, 0.15) is 52.7 Å². The molecule has 0 aliphatic heterocycles. The number of hydrogen-bond donors (Lipinski definition) is 1. The highest BCUT2D eigenvalue weighted by molar-refractivity contribution is 6.12. The monoisotopic (exact) mass is 396 g/mol. The lowest BCUT2D eigenvalue weighted by molar-refractivity contribution is 0.589. The molecule has 5 rings (SSSR count). The number of para-hydroxylation sites is 2. The fourth-order valence-electron chi connectivity index (χ4n) is 4.06. The van der Waals surface area contributed by atoms with E-state index in [0.717, 1.165) is 27.7 Å². The van der Waals surface area contributed by atoms with Crippen LogP contribution in [0.3, 0.4) is 0 Å². The van der Waals surface area contributed by atoms with E-state index in [1.54, 1.807) is 0 Å². The van der Waals surface area contributed by atoms with Gasteiger partial charge in [-0.2, -0.15) is 0 Å². The lowest BCUT2D eigenvalue weighted by atomic mass is 9.84. The summed E-state index contributed by atoms with van der Waals surface area (Å²) in [6.45, 7) is 13.5. The number of oxazole rings is 1. The standard InChI is InChI=1S/C27H28N2O/c1-26(2,3)16-11-12-21-18(13-16)19-14-17(27(4,5)6)15-20(24(19)28-21)25-29-22-9-7-8-10-23(22)30-25/h7-15,28H,1-6H3. The summed E-state index contributed by atoms with van der Waals surface area (Å²) in [7, 11) is 0. The van der Waals surface area contributed by atoms with Crippen molar-refractivity contribution in [2.24, 2.45) is 0 Å². The lowest BCUT2D eigenvalue weighted by Gasteiger charge is -2.20. The molecule has 0 unspecified atom stereocenters. The van der Waals surface area contributed by atoms with Crippen molar-refractivity contribution in [3.05, 3.63) is 65.7 Å². The fraction of sp³-hybridized carbons (Fsp3) is 0.296. The van der Waals surface area contributed by atoms with E-state index in [9.17, 15) is 0 Å². The summed E-state index contributed by atoms with van der Waals surface area (Å²) >= 11 is 0. The van der Waals surface area contributed by atoms with Crippen LogP contribution in [0.25, 0.3) is 44.4 Å². The van der Waals surface area contributed by atoms with Crippen LogP contribution in [0.2, 0.25) is 0 Å². The van der Waals surface area contributed by atoms with E-state index >= 15 is 0 Å². The summed E-state index contributed by atoms with van der Waals surface area (Å²) in [6, 6.07) is 19.2. The van der Waals surface area contributed by atoms with Gasteiger partial charge in [-0.05, 0) is 58.4 Å². The zero-order valence-corrected chi connectivity index (χ0v) is 18.6. The first-order chi connectivity index (χ1) is 14.1.